The Labute approximate surface area is 175 Å². The van der Waals surface area contributed by atoms with E-state index in [4.69, 9.17) is 9.15 Å². The van der Waals surface area contributed by atoms with Crippen LogP contribution in [-0.2, 0) is 5.41 Å². The van der Waals surface area contributed by atoms with Crippen molar-refractivity contribution >= 4 is 16.9 Å². The van der Waals surface area contributed by atoms with E-state index in [0.29, 0.717) is 5.76 Å². The Kier molecular flexibility index (Phi) is 3.83. The summed E-state index contributed by atoms with van der Waals surface area (Å²) >= 11 is 0. The minimum Gasteiger partial charge on any atom is -0.492 e. The Balaban J connectivity index is 1.51. The summed E-state index contributed by atoms with van der Waals surface area (Å²) in [4.78, 5) is 11.2. The molecule has 2 aromatic carbocycles. The lowest BCUT2D eigenvalue weighted by Crippen LogP contribution is -2.48. The Morgan fingerprint density at radius 3 is 2.20 bits per heavy atom. The van der Waals surface area contributed by atoms with Gasteiger partial charge in [-0.05, 0) is 85.5 Å². The first-order valence-corrected chi connectivity index (χ1v) is 11.0. The van der Waals surface area contributed by atoms with E-state index < -0.39 is 5.97 Å². The highest BCUT2D eigenvalue weighted by Gasteiger charge is 2.52. The molecule has 4 saturated carbocycles. The number of furan rings is 1. The van der Waals surface area contributed by atoms with E-state index in [9.17, 15) is 9.90 Å². The van der Waals surface area contributed by atoms with Gasteiger partial charge >= 0.3 is 5.97 Å². The zero-order valence-electron chi connectivity index (χ0n) is 17.2. The van der Waals surface area contributed by atoms with Crippen molar-refractivity contribution in [3.05, 3.63) is 53.6 Å². The van der Waals surface area contributed by atoms with E-state index in [1.165, 1.54) is 44.1 Å². The largest absolute Gasteiger partial charge is 0.492 e. The van der Waals surface area contributed by atoms with Gasteiger partial charge < -0.3 is 14.3 Å². The fourth-order valence-electron chi connectivity index (χ4n) is 7.15. The molecule has 0 amide bonds. The van der Waals surface area contributed by atoms with Crippen LogP contribution in [0.4, 0.5) is 0 Å². The van der Waals surface area contributed by atoms with Gasteiger partial charge in [-0.2, -0.15) is 0 Å². The Morgan fingerprint density at radius 1 is 1.00 bits per heavy atom. The quantitative estimate of drug-likeness (QED) is 0.558. The summed E-state index contributed by atoms with van der Waals surface area (Å²) in [7, 11) is 1.70. The smallest absolute Gasteiger partial charge is 0.335 e. The van der Waals surface area contributed by atoms with E-state index in [2.05, 4.69) is 12.1 Å². The lowest BCUT2D eigenvalue weighted by molar-refractivity contribution is -0.00454. The summed E-state index contributed by atoms with van der Waals surface area (Å²) in [5, 5.41) is 10.3. The van der Waals surface area contributed by atoms with Crippen LogP contribution >= 0.6 is 0 Å². The van der Waals surface area contributed by atoms with Gasteiger partial charge in [0.15, 0.2) is 11.5 Å². The monoisotopic (exact) mass is 402 g/mol. The number of ether oxygens (including phenoxy) is 1. The molecular formula is C26H26O4. The summed E-state index contributed by atoms with van der Waals surface area (Å²) in [6.45, 7) is 0. The topological polar surface area (TPSA) is 59.7 Å². The van der Waals surface area contributed by atoms with Gasteiger partial charge in [-0.15, -0.1) is 0 Å². The van der Waals surface area contributed by atoms with Gasteiger partial charge in [0.2, 0.25) is 0 Å². The predicted molar refractivity (Wildman–Crippen MR) is 115 cm³/mol. The van der Waals surface area contributed by atoms with Crippen LogP contribution < -0.4 is 4.74 Å². The van der Waals surface area contributed by atoms with Crippen molar-refractivity contribution in [3.63, 3.8) is 0 Å². The van der Waals surface area contributed by atoms with Crippen LogP contribution in [0.2, 0.25) is 0 Å². The lowest BCUT2D eigenvalue weighted by atomic mass is 9.48. The number of rotatable bonds is 4. The van der Waals surface area contributed by atoms with Gasteiger partial charge in [0.05, 0.1) is 18.1 Å². The molecule has 4 aliphatic carbocycles. The number of aromatic carboxylic acids is 1. The number of benzene rings is 2. The molecule has 4 bridgehead atoms. The second kappa shape index (κ2) is 6.37. The number of fused-ring (bicyclic) bond motifs is 1. The van der Waals surface area contributed by atoms with E-state index in [1.54, 1.807) is 31.4 Å². The average molecular weight is 402 g/mol. The van der Waals surface area contributed by atoms with Crippen molar-refractivity contribution in [1.82, 2.24) is 0 Å². The molecule has 4 nitrogen and oxygen atoms in total. The Bertz CT molecular complexity index is 1100. The first-order valence-electron chi connectivity index (χ1n) is 11.0. The maximum atomic E-state index is 11.2. The number of carbonyl (C=O) groups is 1. The van der Waals surface area contributed by atoms with Crippen molar-refractivity contribution in [2.24, 2.45) is 17.8 Å². The van der Waals surface area contributed by atoms with Gasteiger partial charge in [0.25, 0.3) is 0 Å². The minimum absolute atomic E-state index is 0.246. The zero-order valence-corrected chi connectivity index (χ0v) is 17.2. The molecule has 0 saturated heterocycles. The molecule has 4 aliphatic rings. The first-order chi connectivity index (χ1) is 14.6. The molecule has 30 heavy (non-hydrogen) atoms. The number of hydrogen-bond acceptors (Lipinski definition) is 3. The molecule has 4 fully saturated rings. The third-order valence-electron chi connectivity index (χ3n) is 7.88. The van der Waals surface area contributed by atoms with Crippen LogP contribution in [0.25, 0.3) is 22.3 Å². The highest BCUT2D eigenvalue weighted by molar-refractivity contribution is 5.95. The SMILES string of the molecule is COc1c(-c2ccc(C(=O)O)cc2)oc2cccc(C34CC5CC(CC(C5)C3)C4)c12. The third-order valence-corrected chi connectivity index (χ3v) is 7.88. The summed E-state index contributed by atoms with van der Waals surface area (Å²) < 4.78 is 12.2. The van der Waals surface area contributed by atoms with Crippen molar-refractivity contribution in [2.45, 2.75) is 43.9 Å². The van der Waals surface area contributed by atoms with Crippen molar-refractivity contribution in [2.75, 3.05) is 7.11 Å². The summed E-state index contributed by atoms with van der Waals surface area (Å²) in [5.74, 6) is 3.13. The molecule has 0 radical (unpaired) electrons. The van der Waals surface area contributed by atoms with Gasteiger partial charge in [0, 0.05) is 5.56 Å². The van der Waals surface area contributed by atoms with Crippen LogP contribution in [0.1, 0.15) is 54.4 Å². The molecule has 7 rings (SSSR count). The average Bonchev–Trinajstić information content (AvgIpc) is 3.11. The van der Waals surface area contributed by atoms with Crippen LogP contribution in [0, 0.1) is 17.8 Å². The molecule has 0 atom stereocenters. The number of hydrogen-bond donors (Lipinski definition) is 1. The maximum absolute atomic E-state index is 11.2. The second-order valence-electron chi connectivity index (χ2n) is 9.72. The van der Waals surface area contributed by atoms with Crippen molar-refractivity contribution in [1.29, 1.82) is 0 Å². The molecule has 4 heteroatoms. The van der Waals surface area contributed by atoms with E-state index in [1.807, 2.05) is 6.07 Å². The fourth-order valence-corrected chi connectivity index (χ4v) is 7.15. The number of carboxylic acid groups (broad SMARTS) is 1. The lowest BCUT2D eigenvalue weighted by Gasteiger charge is -2.57. The molecule has 154 valence electrons. The van der Waals surface area contributed by atoms with E-state index >= 15 is 0 Å². The Morgan fingerprint density at radius 2 is 1.63 bits per heavy atom. The van der Waals surface area contributed by atoms with Gasteiger partial charge in [0.1, 0.15) is 5.58 Å². The molecule has 0 unspecified atom stereocenters. The minimum atomic E-state index is -0.928. The zero-order chi connectivity index (χ0) is 20.5. The van der Waals surface area contributed by atoms with Crippen LogP contribution in [-0.4, -0.2) is 18.2 Å². The van der Waals surface area contributed by atoms with E-state index in [0.717, 1.165) is 40.0 Å². The third kappa shape index (κ3) is 2.55. The Hall–Kier alpha value is -2.75. The fraction of sp³-hybridized carbons (Fsp3) is 0.423. The first kappa shape index (κ1) is 18.1. The molecule has 1 N–H and O–H groups in total. The maximum Gasteiger partial charge on any atom is 0.335 e. The van der Waals surface area contributed by atoms with Crippen molar-refractivity contribution < 1.29 is 19.1 Å². The van der Waals surface area contributed by atoms with Gasteiger partial charge in [-0.25, -0.2) is 4.79 Å². The van der Waals surface area contributed by atoms with Crippen LogP contribution in [0.15, 0.2) is 46.9 Å². The molecule has 1 heterocycles. The predicted octanol–water partition coefficient (Wildman–Crippen LogP) is 6.27. The normalized spacial score (nSPS) is 29.4. The summed E-state index contributed by atoms with van der Waals surface area (Å²) in [5.41, 5.74) is 3.61. The molecule has 1 aromatic heterocycles. The van der Waals surface area contributed by atoms with E-state index in [-0.39, 0.29) is 11.0 Å². The molecule has 3 aromatic rings. The van der Waals surface area contributed by atoms with Crippen LogP contribution in [0.3, 0.4) is 0 Å². The number of carboxylic acids is 1. The number of methoxy groups -OCH3 is 1. The summed E-state index contributed by atoms with van der Waals surface area (Å²) in [6.07, 6.45) is 8.11. The van der Waals surface area contributed by atoms with Gasteiger partial charge in [-0.1, -0.05) is 24.3 Å². The van der Waals surface area contributed by atoms with Crippen LogP contribution in [0.5, 0.6) is 5.75 Å². The highest BCUT2D eigenvalue weighted by atomic mass is 16.5. The summed E-state index contributed by atoms with van der Waals surface area (Å²) in [6, 6.07) is 13.3. The highest BCUT2D eigenvalue weighted by Crippen LogP contribution is 2.62. The molecular weight excluding hydrogens is 376 g/mol. The molecule has 0 aliphatic heterocycles. The molecule has 0 spiro atoms. The standard InChI is InChI=1S/C26H26O4/c1-29-24-22-20(26-12-15-9-16(13-26)11-17(10-15)14-26)3-2-4-21(22)30-23(24)18-5-7-19(8-6-18)25(27)28/h2-8,15-17H,9-14H2,1H3,(H,27,28). The van der Waals surface area contributed by atoms with Gasteiger partial charge in [-0.3, -0.25) is 0 Å². The van der Waals surface area contributed by atoms with Crippen molar-refractivity contribution in [3.8, 4) is 17.1 Å². The second-order valence-corrected chi connectivity index (χ2v) is 9.72.